The molecular weight excluding hydrogens is 951 g/mol. The second-order valence-corrected chi connectivity index (χ2v) is 14.4. The number of rotatable bonds is 0. The average molecular weight is 981 g/mol. The molecule has 0 aliphatic carbocycles. The molecule has 13 rings (SSSR count). The molecule has 2 aliphatic heterocycles. The van der Waals surface area contributed by atoms with Crippen molar-refractivity contribution in [1.29, 1.82) is 0 Å². The molecule has 12 nitrogen and oxygen atoms in total. The van der Waals surface area contributed by atoms with Gasteiger partial charge in [0.15, 0.2) is 0 Å². The Labute approximate surface area is 377 Å². The molecule has 13 heteroatoms. The Morgan fingerprint density at radius 3 is 0.937 bits per heavy atom. The standard InChI is InChI=1S/C32H16N8.2C9H7NO.Hf/c1-2-10-18-17(9-1)25-33-26(18)38-28-21-13-5-6-14-22(21)30(35-28)40-32-24-16-8-7-15-23(24)31(36-32)39-29-20-12-4-3-11-19(20)27(34-29)37-25;2*11-8-5-1-3-7-4-2-6-10-9(7)8;/h1-16H;2*1-6,11H;/q-2;;;. The maximum atomic E-state index is 9.31. The van der Waals surface area contributed by atoms with Crippen LogP contribution >= 0.6 is 0 Å². The van der Waals surface area contributed by atoms with Crippen LogP contribution in [0.25, 0.3) is 111 Å². The van der Waals surface area contributed by atoms with Crippen molar-refractivity contribution in [3.63, 3.8) is 0 Å². The Morgan fingerprint density at radius 1 is 0.317 bits per heavy atom. The van der Waals surface area contributed by atoms with Crippen molar-refractivity contribution in [3.05, 3.63) is 170 Å². The van der Waals surface area contributed by atoms with E-state index in [0.29, 0.717) is 56.9 Å². The first-order valence-electron chi connectivity index (χ1n) is 19.7. The van der Waals surface area contributed by atoms with E-state index in [1.165, 1.54) is 0 Å². The van der Waals surface area contributed by atoms with Crippen molar-refractivity contribution in [3.8, 4) is 57.1 Å². The molecule has 11 aromatic rings. The van der Waals surface area contributed by atoms with Crippen LogP contribution in [0.4, 0.5) is 0 Å². The predicted molar refractivity (Wildman–Crippen MR) is 241 cm³/mol. The number of nitrogens with zero attached hydrogens (tertiary/aromatic N) is 10. The van der Waals surface area contributed by atoms with Crippen LogP contribution in [-0.2, 0) is 25.8 Å². The van der Waals surface area contributed by atoms with Gasteiger partial charge in [-0.1, -0.05) is 133 Å². The second kappa shape index (κ2) is 16.4. The molecule has 6 aromatic carbocycles. The van der Waals surface area contributed by atoms with Gasteiger partial charge in [-0.2, -0.15) is 0 Å². The van der Waals surface area contributed by atoms with Gasteiger partial charge in [0.1, 0.15) is 22.5 Å². The molecule has 0 atom stereocenters. The number of aromatic nitrogens is 10. The number of phenols is 2. The summed E-state index contributed by atoms with van der Waals surface area (Å²) in [6.45, 7) is 0. The number of para-hydroxylation sites is 2. The van der Waals surface area contributed by atoms with E-state index >= 15 is 0 Å². The van der Waals surface area contributed by atoms with Crippen molar-refractivity contribution in [2.75, 3.05) is 0 Å². The number of aromatic hydroxyl groups is 2. The fourth-order valence-corrected chi connectivity index (χ4v) is 7.63. The number of benzene rings is 6. The van der Waals surface area contributed by atoms with E-state index in [2.05, 4.69) is 9.97 Å². The van der Waals surface area contributed by atoms with Crippen LogP contribution in [0.15, 0.2) is 170 Å². The third-order valence-electron chi connectivity index (χ3n) is 10.6. The van der Waals surface area contributed by atoms with Crippen LogP contribution in [0.2, 0.25) is 0 Å². The SMILES string of the molecule is Oc1cccc2cccnc12.Oc1cccc2cccnc12.[Hf].c1ccc2c(c1)-c1nc-2nc2[n-]c(nc3nc(nc4[n-]c(n1)c1ccccc41)-c1ccccc1-3)c1ccccc21. The molecule has 0 fully saturated rings. The van der Waals surface area contributed by atoms with E-state index in [1.54, 1.807) is 36.7 Å². The zero-order valence-corrected chi connectivity index (χ0v) is 36.6. The summed E-state index contributed by atoms with van der Waals surface area (Å²) in [7, 11) is 0. The first-order valence-corrected chi connectivity index (χ1v) is 19.7. The van der Waals surface area contributed by atoms with Crippen molar-refractivity contribution < 1.29 is 36.1 Å². The van der Waals surface area contributed by atoms with Crippen molar-refractivity contribution in [2.24, 2.45) is 0 Å². The number of fused-ring (bicyclic) bond motifs is 22. The molecule has 0 saturated carbocycles. The van der Waals surface area contributed by atoms with E-state index in [4.69, 9.17) is 39.9 Å². The molecule has 0 unspecified atom stereocenters. The molecule has 0 radical (unpaired) electrons. The Bertz CT molecular complexity index is 3310. The Hall–Kier alpha value is -8.03. The molecule has 0 saturated heterocycles. The van der Waals surface area contributed by atoms with Crippen LogP contribution in [0.3, 0.4) is 0 Å². The van der Waals surface area contributed by atoms with Gasteiger partial charge in [-0.3, -0.25) is 9.97 Å². The molecule has 0 amide bonds. The predicted octanol–water partition coefficient (Wildman–Crippen LogP) is 10.0. The minimum Gasteiger partial charge on any atom is -0.506 e. The summed E-state index contributed by atoms with van der Waals surface area (Å²) in [6.07, 6.45) is 3.34. The van der Waals surface area contributed by atoms with Gasteiger partial charge in [-0.05, 0) is 45.8 Å². The molecule has 2 aliphatic rings. The third-order valence-corrected chi connectivity index (χ3v) is 10.6. The first-order chi connectivity index (χ1) is 30.6. The number of hydrogen-bond acceptors (Lipinski definition) is 10. The summed E-state index contributed by atoms with van der Waals surface area (Å²) >= 11 is 0. The molecule has 298 valence electrons. The summed E-state index contributed by atoms with van der Waals surface area (Å²) in [5, 5.41) is 24.1. The summed E-state index contributed by atoms with van der Waals surface area (Å²) in [5.74, 6) is 2.69. The monoisotopic (exact) mass is 982 g/mol. The van der Waals surface area contributed by atoms with Crippen molar-refractivity contribution in [2.45, 2.75) is 0 Å². The summed E-state index contributed by atoms with van der Waals surface area (Å²) in [4.78, 5) is 47.3. The topological polar surface area (TPSA) is 172 Å². The van der Waals surface area contributed by atoms with Gasteiger partial charge >= 0.3 is 0 Å². The fraction of sp³-hybridized carbons (Fsp3) is 0. The number of hydrogen-bond donors (Lipinski definition) is 2. The number of pyridine rings is 2. The smallest absolute Gasteiger partial charge is 0.141 e. The molecule has 63 heavy (non-hydrogen) atoms. The molecule has 8 bridgehead atoms. The Balaban J connectivity index is 0.000000167. The zero-order chi connectivity index (χ0) is 41.6. The third kappa shape index (κ3) is 7.23. The molecule has 0 spiro atoms. The van der Waals surface area contributed by atoms with E-state index in [0.717, 1.165) is 54.6 Å². The van der Waals surface area contributed by atoms with Crippen LogP contribution in [-0.4, -0.2) is 50.1 Å². The largest absolute Gasteiger partial charge is 0.506 e. The second-order valence-electron chi connectivity index (χ2n) is 14.4. The number of phenolic OH excluding ortho intramolecular Hbond substituents is 2. The van der Waals surface area contributed by atoms with E-state index < -0.39 is 0 Å². The summed E-state index contributed by atoms with van der Waals surface area (Å²) in [5.41, 5.74) is 7.11. The normalized spacial score (nSPS) is 11.2. The van der Waals surface area contributed by atoms with Gasteiger partial charge in [0, 0.05) is 93.9 Å². The minimum atomic E-state index is 0. The molecular formula is C50H30HfN10O2-2. The summed E-state index contributed by atoms with van der Waals surface area (Å²) in [6, 6.07) is 50.1. The fourth-order valence-electron chi connectivity index (χ4n) is 7.63. The maximum absolute atomic E-state index is 9.31. The van der Waals surface area contributed by atoms with Gasteiger partial charge < -0.3 is 40.1 Å². The van der Waals surface area contributed by atoms with E-state index in [9.17, 15) is 10.2 Å². The minimum absolute atomic E-state index is 0. The van der Waals surface area contributed by atoms with Crippen molar-refractivity contribution >= 4 is 65.9 Å². The van der Waals surface area contributed by atoms with Gasteiger partial charge in [-0.25, -0.2) is 9.97 Å². The van der Waals surface area contributed by atoms with E-state index in [-0.39, 0.29) is 37.3 Å². The van der Waals surface area contributed by atoms with Crippen molar-refractivity contribution in [1.82, 2.24) is 49.8 Å². The molecule has 2 N–H and O–H groups in total. The van der Waals surface area contributed by atoms with Gasteiger partial charge in [0.05, 0.1) is 23.3 Å². The van der Waals surface area contributed by atoms with Gasteiger partial charge in [0.2, 0.25) is 0 Å². The quantitative estimate of drug-likeness (QED) is 0.138. The van der Waals surface area contributed by atoms with Gasteiger partial charge in [-0.15, -0.1) is 0 Å². The Kier molecular flexibility index (Phi) is 10.2. The zero-order valence-electron chi connectivity index (χ0n) is 33.0. The molecule has 5 aromatic heterocycles. The van der Waals surface area contributed by atoms with Crippen LogP contribution in [0.5, 0.6) is 11.5 Å². The van der Waals surface area contributed by atoms with Crippen LogP contribution < -0.4 is 9.97 Å². The summed E-state index contributed by atoms with van der Waals surface area (Å²) < 4.78 is 0. The van der Waals surface area contributed by atoms with Crippen LogP contribution in [0.1, 0.15) is 0 Å². The van der Waals surface area contributed by atoms with E-state index in [1.807, 2.05) is 133 Å². The van der Waals surface area contributed by atoms with Crippen LogP contribution in [0, 0.1) is 0 Å². The average Bonchev–Trinajstić information content (AvgIpc) is 4.06. The maximum Gasteiger partial charge on any atom is 0.141 e. The van der Waals surface area contributed by atoms with Gasteiger partial charge in [0.25, 0.3) is 0 Å². The first kappa shape index (κ1) is 39.1. The Morgan fingerprint density at radius 2 is 0.619 bits per heavy atom. The molecule has 7 heterocycles.